The molecule has 7 heteroatoms. The summed E-state index contributed by atoms with van der Waals surface area (Å²) in [7, 11) is -4.64. The summed E-state index contributed by atoms with van der Waals surface area (Å²) in [4.78, 5) is 0. The van der Waals surface area contributed by atoms with Gasteiger partial charge in [-0.05, 0) is 45.5 Å². The second-order valence-electron chi connectivity index (χ2n) is 4.72. The molecule has 116 valence electrons. The molecule has 0 unspecified atom stereocenters. The number of hydrogen-bond acceptors (Lipinski definition) is 4. The second-order valence-corrected chi connectivity index (χ2v) is 6.79. The van der Waals surface area contributed by atoms with Gasteiger partial charge in [0.2, 0.25) is 0 Å². The smallest absolute Gasteiger partial charge is 0.378 e. The van der Waals surface area contributed by atoms with Crippen LogP contribution in [0.15, 0.2) is 0 Å². The van der Waals surface area contributed by atoms with Crippen LogP contribution in [0.3, 0.4) is 0 Å². The molecule has 1 saturated carbocycles. The largest absolute Gasteiger partial charge is 0.412 e. The molecular formula is C13H21F2O4P. The molecule has 0 amide bonds. The van der Waals surface area contributed by atoms with E-state index in [1.165, 1.54) is 13.8 Å². The van der Waals surface area contributed by atoms with Gasteiger partial charge in [-0.3, -0.25) is 4.57 Å². The van der Waals surface area contributed by atoms with Crippen LogP contribution in [0.4, 0.5) is 8.78 Å². The van der Waals surface area contributed by atoms with Crippen molar-refractivity contribution in [3.63, 3.8) is 0 Å². The molecular weight excluding hydrogens is 289 g/mol. The van der Waals surface area contributed by atoms with E-state index in [0.717, 1.165) is 19.3 Å². The molecule has 1 N–H and O–H groups in total. The third kappa shape index (κ3) is 4.26. The van der Waals surface area contributed by atoms with Gasteiger partial charge in [-0.25, -0.2) is 0 Å². The highest BCUT2D eigenvalue weighted by molar-refractivity contribution is 7.55. The van der Waals surface area contributed by atoms with E-state index in [1.807, 2.05) is 0 Å². The maximum absolute atomic E-state index is 14.0. The van der Waals surface area contributed by atoms with Crippen molar-refractivity contribution >= 4 is 7.60 Å². The molecule has 20 heavy (non-hydrogen) atoms. The van der Waals surface area contributed by atoms with Gasteiger partial charge in [0, 0.05) is 0 Å². The van der Waals surface area contributed by atoms with Crippen molar-refractivity contribution in [1.82, 2.24) is 0 Å². The van der Waals surface area contributed by atoms with Gasteiger partial charge in [0.15, 0.2) is 0 Å². The lowest BCUT2D eigenvalue weighted by Crippen LogP contribution is -2.30. The first kappa shape index (κ1) is 17.6. The zero-order valence-corrected chi connectivity index (χ0v) is 12.7. The lowest BCUT2D eigenvalue weighted by molar-refractivity contribution is 0.0578. The predicted molar refractivity (Wildman–Crippen MR) is 71.6 cm³/mol. The SMILES string of the molecule is CCOP(=O)(OCC)C(F)(F)C#CC1(O)CCCCC1. The topological polar surface area (TPSA) is 55.8 Å². The van der Waals surface area contributed by atoms with Crippen LogP contribution in [-0.4, -0.2) is 29.6 Å². The average Bonchev–Trinajstić information content (AvgIpc) is 2.38. The van der Waals surface area contributed by atoms with E-state index >= 15 is 0 Å². The Hall–Kier alpha value is -0.470. The minimum absolute atomic E-state index is 0.168. The molecule has 1 aliphatic carbocycles. The molecule has 1 aliphatic rings. The molecule has 0 aromatic rings. The lowest BCUT2D eigenvalue weighted by atomic mass is 9.85. The van der Waals surface area contributed by atoms with Gasteiger partial charge < -0.3 is 14.2 Å². The quantitative estimate of drug-likeness (QED) is 0.623. The normalized spacial score (nSPS) is 19.2. The molecule has 1 fully saturated rings. The zero-order chi connectivity index (χ0) is 15.3. The molecule has 0 atom stereocenters. The number of aliphatic hydroxyl groups is 1. The van der Waals surface area contributed by atoms with Crippen molar-refractivity contribution in [1.29, 1.82) is 0 Å². The molecule has 1 rings (SSSR count). The minimum atomic E-state index is -4.64. The molecule has 0 bridgehead atoms. The van der Waals surface area contributed by atoms with Crippen molar-refractivity contribution in [3.05, 3.63) is 0 Å². The summed E-state index contributed by atoms with van der Waals surface area (Å²) in [6.07, 6.45) is 3.14. The van der Waals surface area contributed by atoms with Crippen molar-refractivity contribution in [2.75, 3.05) is 13.2 Å². The number of rotatable bonds is 5. The molecule has 4 nitrogen and oxygen atoms in total. The van der Waals surface area contributed by atoms with Gasteiger partial charge in [0.25, 0.3) is 0 Å². The Morgan fingerprint density at radius 2 is 1.70 bits per heavy atom. The average molecular weight is 310 g/mol. The van der Waals surface area contributed by atoms with E-state index in [4.69, 9.17) is 0 Å². The van der Waals surface area contributed by atoms with Crippen LogP contribution in [0, 0.1) is 11.8 Å². The third-order valence-corrected chi connectivity index (χ3v) is 5.06. The van der Waals surface area contributed by atoms with E-state index < -0.39 is 18.9 Å². The van der Waals surface area contributed by atoms with E-state index in [9.17, 15) is 18.5 Å². The summed E-state index contributed by atoms with van der Waals surface area (Å²) in [6.45, 7) is 2.56. The summed E-state index contributed by atoms with van der Waals surface area (Å²) in [5.74, 6) is 3.82. The molecule has 0 aliphatic heterocycles. The Bertz CT molecular complexity index is 412. The summed E-state index contributed by atoms with van der Waals surface area (Å²) >= 11 is 0. The predicted octanol–water partition coefficient (Wildman–Crippen LogP) is 3.54. The van der Waals surface area contributed by atoms with Crippen LogP contribution < -0.4 is 0 Å². The fraction of sp³-hybridized carbons (Fsp3) is 0.846. The maximum Gasteiger partial charge on any atom is 0.412 e. The third-order valence-electron chi connectivity index (χ3n) is 3.07. The molecule has 0 aromatic carbocycles. The monoisotopic (exact) mass is 310 g/mol. The van der Waals surface area contributed by atoms with Crippen LogP contribution >= 0.6 is 7.60 Å². The van der Waals surface area contributed by atoms with E-state index in [1.54, 1.807) is 5.92 Å². The van der Waals surface area contributed by atoms with Crippen LogP contribution in [0.25, 0.3) is 0 Å². The zero-order valence-electron chi connectivity index (χ0n) is 11.8. The highest BCUT2D eigenvalue weighted by Gasteiger charge is 2.52. The van der Waals surface area contributed by atoms with Crippen molar-refractivity contribution in [3.8, 4) is 11.8 Å². The van der Waals surface area contributed by atoms with Gasteiger partial charge in [-0.1, -0.05) is 12.3 Å². The summed E-state index contributed by atoms with van der Waals surface area (Å²) < 4.78 is 49.2. The number of halogens is 2. The number of hydrogen-bond donors (Lipinski definition) is 1. The van der Waals surface area contributed by atoms with Crippen LogP contribution in [0.1, 0.15) is 46.0 Å². The van der Waals surface area contributed by atoms with E-state index in [2.05, 4.69) is 15.0 Å². The Kier molecular flexibility index (Phi) is 6.15. The summed E-state index contributed by atoms with van der Waals surface area (Å²) in [5, 5.41) is 10.1. The van der Waals surface area contributed by atoms with Crippen LogP contribution in [0.2, 0.25) is 0 Å². The van der Waals surface area contributed by atoms with Crippen molar-refractivity contribution in [2.45, 2.75) is 57.2 Å². The highest BCUT2D eigenvalue weighted by atomic mass is 31.2. The Labute approximate surface area is 118 Å². The minimum Gasteiger partial charge on any atom is -0.378 e. The molecule has 0 aromatic heterocycles. The molecule has 0 heterocycles. The van der Waals surface area contributed by atoms with E-state index in [0.29, 0.717) is 12.8 Å². The molecule has 0 radical (unpaired) electrons. The lowest BCUT2D eigenvalue weighted by Gasteiger charge is -2.27. The van der Waals surface area contributed by atoms with Gasteiger partial charge in [-0.2, -0.15) is 8.78 Å². The standard InChI is InChI=1S/C13H21F2O4P/c1-3-18-20(17,19-4-2)13(14,15)11-10-12(16)8-6-5-7-9-12/h16H,3-9H2,1-2H3. The van der Waals surface area contributed by atoms with Gasteiger partial charge in [0.05, 0.1) is 13.2 Å². The maximum atomic E-state index is 14.0. The fourth-order valence-electron chi connectivity index (χ4n) is 2.06. The Morgan fingerprint density at radius 1 is 1.20 bits per heavy atom. The molecule has 0 spiro atoms. The van der Waals surface area contributed by atoms with Crippen molar-refractivity contribution in [2.24, 2.45) is 0 Å². The Morgan fingerprint density at radius 3 is 2.15 bits per heavy atom. The molecule has 0 saturated heterocycles. The first-order valence-electron chi connectivity index (χ1n) is 6.82. The van der Waals surface area contributed by atoms with E-state index in [-0.39, 0.29) is 13.2 Å². The van der Waals surface area contributed by atoms with Gasteiger partial charge in [-0.15, -0.1) is 0 Å². The van der Waals surface area contributed by atoms with Gasteiger partial charge in [0.1, 0.15) is 5.60 Å². The first-order valence-corrected chi connectivity index (χ1v) is 8.36. The summed E-state index contributed by atoms with van der Waals surface area (Å²) in [5.41, 5.74) is -5.35. The fourth-order valence-corrected chi connectivity index (χ4v) is 3.33. The second kappa shape index (κ2) is 7.00. The van der Waals surface area contributed by atoms with Crippen molar-refractivity contribution < 1.29 is 27.5 Å². The van der Waals surface area contributed by atoms with Crippen LogP contribution in [0.5, 0.6) is 0 Å². The first-order chi connectivity index (χ1) is 9.29. The summed E-state index contributed by atoms with van der Waals surface area (Å²) in [6, 6.07) is 0. The van der Waals surface area contributed by atoms with Crippen LogP contribution in [-0.2, 0) is 13.6 Å². The Balaban J connectivity index is 2.94. The van der Waals surface area contributed by atoms with Gasteiger partial charge >= 0.3 is 13.3 Å². The highest BCUT2D eigenvalue weighted by Crippen LogP contribution is 2.61. The number of alkyl halides is 2.